The molecular formula is C18H16O4S. The molecule has 1 heterocycles. The van der Waals surface area contributed by atoms with Gasteiger partial charge in [0.1, 0.15) is 0 Å². The van der Waals surface area contributed by atoms with Crippen LogP contribution >= 0.6 is 11.8 Å². The SMILES string of the molecule is COc1cc(/C=C2/C(=O)Sc3ccccc32)cc(OC)c1OC. The monoisotopic (exact) mass is 328 g/mol. The van der Waals surface area contributed by atoms with E-state index in [0.717, 1.165) is 16.0 Å². The Kier molecular flexibility index (Phi) is 4.30. The Morgan fingerprint density at radius 3 is 2.22 bits per heavy atom. The maximum absolute atomic E-state index is 12.3. The fourth-order valence-corrected chi connectivity index (χ4v) is 3.44. The first-order valence-corrected chi connectivity index (χ1v) is 7.83. The summed E-state index contributed by atoms with van der Waals surface area (Å²) in [6.07, 6.45) is 1.85. The number of rotatable bonds is 4. The van der Waals surface area contributed by atoms with Crippen LogP contribution in [0.2, 0.25) is 0 Å². The summed E-state index contributed by atoms with van der Waals surface area (Å²) >= 11 is 1.25. The molecule has 0 saturated carbocycles. The molecule has 0 amide bonds. The van der Waals surface area contributed by atoms with Crippen molar-refractivity contribution in [1.82, 2.24) is 0 Å². The Morgan fingerprint density at radius 1 is 0.957 bits per heavy atom. The summed E-state index contributed by atoms with van der Waals surface area (Å²) in [5.74, 6) is 1.65. The van der Waals surface area contributed by atoms with Crippen molar-refractivity contribution in [3.8, 4) is 17.2 Å². The smallest absolute Gasteiger partial charge is 0.224 e. The predicted molar refractivity (Wildman–Crippen MR) is 91.3 cm³/mol. The minimum Gasteiger partial charge on any atom is -0.493 e. The molecule has 4 nitrogen and oxygen atoms in total. The first kappa shape index (κ1) is 15.5. The normalized spacial score (nSPS) is 14.7. The summed E-state index contributed by atoms with van der Waals surface area (Å²) in [4.78, 5) is 13.3. The van der Waals surface area contributed by atoms with E-state index < -0.39 is 0 Å². The molecule has 23 heavy (non-hydrogen) atoms. The third-order valence-electron chi connectivity index (χ3n) is 3.60. The van der Waals surface area contributed by atoms with E-state index in [-0.39, 0.29) is 5.12 Å². The number of hydrogen-bond donors (Lipinski definition) is 0. The van der Waals surface area contributed by atoms with Crippen molar-refractivity contribution in [3.05, 3.63) is 47.5 Å². The minimum absolute atomic E-state index is 0.0416. The number of hydrogen-bond acceptors (Lipinski definition) is 5. The fraction of sp³-hybridized carbons (Fsp3) is 0.167. The van der Waals surface area contributed by atoms with Crippen LogP contribution in [0.3, 0.4) is 0 Å². The maximum atomic E-state index is 12.3. The first-order valence-electron chi connectivity index (χ1n) is 7.01. The third kappa shape index (κ3) is 2.80. The van der Waals surface area contributed by atoms with E-state index in [0.29, 0.717) is 22.8 Å². The van der Waals surface area contributed by atoms with Crippen LogP contribution in [0.5, 0.6) is 17.2 Å². The highest BCUT2D eigenvalue weighted by atomic mass is 32.2. The molecule has 5 heteroatoms. The van der Waals surface area contributed by atoms with Crippen molar-refractivity contribution in [3.63, 3.8) is 0 Å². The summed E-state index contributed by atoms with van der Waals surface area (Å²) in [7, 11) is 4.70. The van der Waals surface area contributed by atoms with Crippen molar-refractivity contribution in [2.45, 2.75) is 4.90 Å². The van der Waals surface area contributed by atoms with Crippen molar-refractivity contribution in [2.24, 2.45) is 0 Å². The average molecular weight is 328 g/mol. The lowest BCUT2D eigenvalue weighted by Crippen LogP contribution is -1.96. The molecule has 0 atom stereocenters. The molecule has 3 rings (SSSR count). The molecule has 1 aliphatic heterocycles. The highest BCUT2D eigenvalue weighted by molar-refractivity contribution is 8.15. The van der Waals surface area contributed by atoms with Crippen LogP contribution in [0.15, 0.2) is 41.3 Å². The summed E-state index contributed by atoms with van der Waals surface area (Å²) in [6.45, 7) is 0. The van der Waals surface area contributed by atoms with Crippen molar-refractivity contribution < 1.29 is 19.0 Å². The molecule has 118 valence electrons. The van der Waals surface area contributed by atoms with Crippen molar-refractivity contribution >= 4 is 28.5 Å². The van der Waals surface area contributed by atoms with Gasteiger partial charge in [0.15, 0.2) is 11.5 Å². The number of thioether (sulfide) groups is 1. The molecule has 0 saturated heterocycles. The van der Waals surface area contributed by atoms with Gasteiger partial charge in [-0.15, -0.1) is 0 Å². The standard InChI is InChI=1S/C18H16O4S/c1-20-14-9-11(10-15(21-2)17(14)22-3)8-13-12-6-4-5-7-16(12)23-18(13)19/h4-10H,1-3H3/b13-8+. The second-order valence-electron chi connectivity index (χ2n) is 4.90. The van der Waals surface area contributed by atoms with E-state index >= 15 is 0 Å². The molecule has 0 aromatic heterocycles. The molecular weight excluding hydrogens is 312 g/mol. The molecule has 2 aromatic rings. The van der Waals surface area contributed by atoms with Gasteiger partial charge in [-0.05, 0) is 41.6 Å². The van der Waals surface area contributed by atoms with Crippen LogP contribution in [0.1, 0.15) is 11.1 Å². The van der Waals surface area contributed by atoms with Gasteiger partial charge in [0.25, 0.3) is 0 Å². The van der Waals surface area contributed by atoms with Gasteiger partial charge in [-0.25, -0.2) is 0 Å². The van der Waals surface area contributed by atoms with E-state index in [1.807, 2.05) is 42.5 Å². The van der Waals surface area contributed by atoms with Crippen LogP contribution in [0.4, 0.5) is 0 Å². The Hall–Kier alpha value is -2.40. The molecule has 1 aliphatic rings. The molecule has 0 radical (unpaired) electrons. The molecule has 0 unspecified atom stereocenters. The van der Waals surface area contributed by atoms with E-state index in [9.17, 15) is 4.79 Å². The van der Waals surface area contributed by atoms with Gasteiger partial charge in [-0.3, -0.25) is 4.79 Å². The predicted octanol–water partition coefficient (Wildman–Crippen LogP) is 3.89. The van der Waals surface area contributed by atoms with Crippen molar-refractivity contribution in [1.29, 1.82) is 0 Å². The highest BCUT2D eigenvalue weighted by Gasteiger charge is 2.25. The maximum Gasteiger partial charge on any atom is 0.224 e. The number of benzene rings is 2. The van der Waals surface area contributed by atoms with E-state index in [1.165, 1.54) is 11.8 Å². The number of fused-ring (bicyclic) bond motifs is 1. The first-order chi connectivity index (χ1) is 11.2. The van der Waals surface area contributed by atoms with Crippen molar-refractivity contribution in [2.75, 3.05) is 21.3 Å². The van der Waals surface area contributed by atoms with Gasteiger partial charge in [0, 0.05) is 16.0 Å². The highest BCUT2D eigenvalue weighted by Crippen LogP contribution is 2.43. The summed E-state index contributed by atoms with van der Waals surface area (Å²) < 4.78 is 16.0. The number of methoxy groups -OCH3 is 3. The third-order valence-corrected chi connectivity index (χ3v) is 4.58. The Morgan fingerprint density at radius 2 is 1.61 bits per heavy atom. The zero-order valence-electron chi connectivity index (χ0n) is 13.1. The lowest BCUT2D eigenvalue weighted by molar-refractivity contribution is -0.106. The lowest BCUT2D eigenvalue weighted by atomic mass is 10.0. The zero-order chi connectivity index (χ0) is 16.4. The summed E-state index contributed by atoms with van der Waals surface area (Å²) in [5, 5.41) is 0.0416. The van der Waals surface area contributed by atoms with Gasteiger partial charge >= 0.3 is 0 Å². The van der Waals surface area contributed by atoms with Gasteiger partial charge in [-0.1, -0.05) is 18.2 Å². The fourth-order valence-electron chi connectivity index (χ4n) is 2.53. The molecule has 2 aromatic carbocycles. The second kappa shape index (κ2) is 6.38. The molecule has 0 bridgehead atoms. The molecule has 0 aliphatic carbocycles. The number of carbonyl (C=O) groups is 1. The van der Waals surface area contributed by atoms with E-state index in [4.69, 9.17) is 14.2 Å². The lowest BCUT2D eigenvalue weighted by Gasteiger charge is -2.13. The zero-order valence-corrected chi connectivity index (χ0v) is 13.9. The van der Waals surface area contributed by atoms with Crippen LogP contribution in [0.25, 0.3) is 11.6 Å². The number of ether oxygens (including phenoxy) is 3. The van der Waals surface area contributed by atoms with Crippen LogP contribution in [-0.4, -0.2) is 26.4 Å². The average Bonchev–Trinajstić information content (AvgIpc) is 2.89. The van der Waals surface area contributed by atoms with Crippen LogP contribution in [-0.2, 0) is 4.79 Å². The van der Waals surface area contributed by atoms with Gasteiger partial charge < -0.3 is 14.2 Å². The quantitative estimate of drug-likeness (QED) is 0.797. The number of carbonyl (C=O) groups excluding carboxylic acids is 1. The van der Waals surface area contributed by atoms with E-state index in [1.54, 1.807) is 21.3 Å². The minimum atomic E-state index is 0.0416. The van der Waals surface area contributed by atoms with Crippen LogP contribution < -0.4 is 14.2 Å². The van der Waals surface area contributed by atoms with Gasteiger partial charge in [0.05, 0.1) is 21.3 Å². The van der Waals surface area contributed by atoms with Gasteiger partial charge in [0.2, 0.25) is 10.9 Å². The topological polar surface area (TPSA) is 44.8 Å². The molecule has 0 spiro atoms. The molecule has 0 N–H and O–H groups in total. The Balaban J connectivity index is 2.11. The van der Waals surface area contributed by atoms with Gasteiger partial charge in [-0.2, -0.15) is 0 Å². The summed E-state index contributed by atoms with van der Waals surface area (Å²) in [6, 6.07) is 11.4. The van der Waals surface area contributed by atoms with E-state index in [2.05, 4.69) is 0 Å². The Bertz CT molecular complexity index is 770. The van der Waals surface area contributed by atoms with Crippen LogP contribution in [0, 0.1) is 0 Å². The second-order valence-corrected chi connectivity index (χ2v) is 5.92. The largest absolute Gasteiger partial charge is 0.493 e. The molecule has 0 fully saturated rings. The Labute approximate surface area is 139 Å². The summed E-state index contributed by atoms with van der Waals surface area (Å²) in [5.41, 5.74) is 2.45.